The average molecular weight is 785 g/mol. The summed E-state index contributed by atoms with van der Waals surface area (Å²) < 4.78 is 10.2. The van der Waals surface area contributed by atoms with Crippen LogP contribution in [0.3, 0.4) is 0 Å². The highest BCUT2D eigenvalue weighted by Crippen LogP contribution is 2.43. The number of ether oxygens (including phenoxy) is 2. The monoisotopic (exact) mass is 785 g/mol. The fraction of sp³-hybridized carbons (Fsp3) is 0.583. The predicted molar refractivity (Wildman–Crippen MR) is 227 cm³/mol. The summed E-state index contributed by atoms with van der Waals surface area (Å²) in [5.41, 5.74) is 10.9. The van der Waals surface area contributed by atoms with E-state index in [-0.39, 0.29) is 43.6 Å². The number of fused-ring (bicyclic) bond motifs is 4. The van der Waals surface area contributed by atoms with Crippen molar-refractivity contribution in [2.75, 3.05) is 13.1 Å². The minimum Gasteiger partial charge on any atom is -0.481 e. The molecule has 2 heterocycles. The maximum atomic E-state index is 13.0. The largest absolute Gasteiger partial charge is 0.481 e. The Bertz CT molecular complexity index is 1810. The Labute approximate surface area is 341 Å². The van der Waals surface area contributed by atoms with Crippen molar-refractivity contribution >= 4 is 35.0 Å². The second kappa shape index (κ2) is 20.0. The fourth-order valence-electron chi connectivity index (χ4n) is 8.28. The molecule has 9 heteroatoms. The number of aliphatic carboxylic acids is 1. The van der Waals surface area contributed by atoms with Crippen LogP contribution in [0.15, 0.2) is 59.7 Å². The third kappa shape index (κ3) is 13.7. The van der Waals surface area contributed by atoms with Gasteiger partial charge in [0.15, 0.2) is 0 Å². The van der Waals surface area contributed by atoms with Gasteiger partial charge in [0.25, 0.3) is 0 Å². The van der Waals surface area contributed by atoms with Crippen molar-refractivity contribution in [1.29, 1.82) is 0 Å². The number of carbonyl (C=O) groups excluding carboxylic acids is 3. The number of nitrogens with one attached hydrogen (secondary N) is 1. The first-order chi connectivity index (χ1) is 26.7. The Morgan fingerprint density at radius 2 is 1.19 bits per heavy atom. The molecule has 0 radical (unpaired) electrons. The van der Waals surface area contributed by atoms with Gasteiger partial charge < -0.3 is 24.8 Å². The van der Waals surface area contributed by atoms with Crippen LogP contribution in [0.1, 0.15) is 143 Å². The van der Waals surface area contributed by atoms with Crippen LogP contribution >= 0.6 is 0 Å². The summed E-state index contributed by atoms with van der Waals surface area (Å²) >= 11 is 0. The summed E-state index contributed by atoms with van der Waals surface area (Å²) in [6.45, 7) is 21.7. The zero-order chi connectivity index (χ0) is 42.1. The summed E-state index contributed by atoms with van der Waals surface area (Å²) in [6.07, 6.45) is 6.60. The number of benzene rings is 2. The number of hydrogen-bond donors (Lipinski definition) is 2. The standard InChI is InChI=1S/C24H33NO3.C16H21N.C8H14O4/c1-16(2)14-21-20-15-17-8-6-7-9-18(17)19(20)12-13-25(21)22(26)10-11-23(27)28-24(3,4)5;1-11(2)9-16-15-10-12-5-3-4-6-13(12)14(15)7-8-17-16;1-8(2,3)12-7(11)5-4-6(9)10/h6-9,16,21H,10-15H2,1-5H3;3-6,11,16-17H,7-10H2,1-2H3;4-5H2,1-3H3,(H,9,10). The summed E-state index contributed by atoms with van der Waals surface area (Å²) in [6, 6.07) is 18.3. The molecule has 6 rings (SSSR count). The van der Waals surface area contributed by atoms with Crippen LogP contribution in [0.4, 0.5) is 0 Å². The van der Waals surface area contributed by atoms with Crippen LogP contribution in [0, 0.1) is 11.8 Å². The number of carbonyl (C=O) groups is 4. The average Bonchev–Trinajstić information content (AvgIpc) is 3.68. The molecule has 57 heavy (non-hydrogen) atoms. The van der Waals surface area contributed by atoms with Gasteiger partial charge in [-0.25, -0.2) is 0 Å². The van der Waals surface area contributed by atoms with E-state index in [0.29, 0.717) is 12.0 Å². The Morgan fingerprint density at radius 1 is 0.702 bits per heavy atom. The highest BCUT2D eigenvalue weighted by atomic mass is 16.6. The highest BCUT2D eigenvalue weighted by Gasteiger charge is 2.37. The van der Waals surface area contributed by atoms with Crippen LogP contribution in [-0.2, 0) is 41.5 Å². The topological polar surface area (TPSA) is 122 Å². The van der Waals surface area contributed by atoms with Crippen molar-refractivity contribution < 1.29 is 33.8 Å². The van der Waals surface area contributed by atoms with Gasteiger partial charge in [-0.1, -0.05) is 76.2 Å². The third-order valence-electron chi connectivity index (χ3n) is 10.4. The number of carboxylic acids is 1. The van der Waals surface area contributed by atoms with Crippen molar-refractivity contribution in [1.82, 2.24) is 10.2 Å². The molecule has 0 saturated heterocycles. The van der Waals surface area contributed by atoms with Crippen molar-refractivity contribution in [2.24, 2.45) is 11.8 Å². The van der Waals surface area contributed by atoms with E-state index in [4.69, 9.17) is 14.6 Å². The maximum absolute atomic E-state index is 13.0. The lowest BCUT2D eigenvalue weighted by molar-refractivity contribution is -0.157. The van der Waals surface area contributed by atoms with E-state index < -0.39 is 23.1 Å². The Morgan fingerprint density at radius 3 is 1.70 bits per heavy atom. The normalized spacial score (nSPS) is 18.4. The molecule has 2 aromatic carbocycles. The van der Waals surface area contributed by atoms with E-state index >= 15 is 0 Å². The highest BCUT2D eigenvalue weighted by molar-refractivity contribution is 5.85. The molecular formula is C48H68N2O7. The number of nitrogens with zero attached hydrogens (tertiary/aromatic N) is 1. The molecule has 2 unspecified atom stereocenters. The van der Waals surface area contributed by atoms with Crippen LogP contribution in [0.5, 0.6) is 0 Å². The van der Waals surface area contributed by atoms with Crippen molar-refractivity contribution in [3.8, 4) is 0 Å². The molecule has 0 bridgehead atoms. The Kier molecular flexibility index (Phi) is 15.9. The number of rotatable bonds is 10. The number of esters is 2. The van der Waals surface area contributed by atoms with Crippen molar-refractivity contribution in [3.05, 3.63) is 81.9 Å². The van der Waals surface area contributed by atoms with E-state index in [1.807, 2.05) is 25.7 Å². The summed E-state index contributed by atoms with van der Waals surface area (Å²) in [5.74, 6) is -0.416. The Balaban J connectivity index is 0.000000210. The van der Waals surface area contributed by atoms with Gasteiger partial charge in [-0.15, -0.1) is 0 Å². The molecule has 2 aliphatic carbocycles. The maximum Gasteiger partial charge on any atom is 0.306 e. The number of hydrogen-bond acceptors (Lipinski definition) is 7. The van der Waals surface area contributed by atoms with Crippen molar-refractivity contribution in [2.45, 2.75) is 157 Å². The predicted octanol–water partition coefficient (Wildman–Crippen LogP) is 9.36. The lowest BCUT2D eigenvalue weighted by Gasteiger charge is -2.38. The second-order valence-corrected chi connectivity index (χ2v) is 18.6. The van der Waals surface area contributed by atoms with E-state index in [9.17, 15) is 19.2 Å². The SMILES string of the molecule is CC(C)(C)OC(=O)CCC(=O)O.CC(C)CC1C2=C(CCN1C(=O)CCC(=O)OC(C)(C)C)c1ccccc1C2.CC(C)CC1NCCC2=C1Cc1ccccc12. The van der Waals surface area contributed by atoms with Crippen LogP contribution in [-0.4, -0.2) is 70.2 Å². The third-order valence-corrected chi connectivity index (χ3v) is 10.4. The van der Waals surface area contributed by atoms with Crippen LogP contribution in [0.2, 0.25) is 0 Å². The molecule has 0 spiro atoms. The van der Waals surface area contributed by atoms with Gasteiger partial charge in [0.05, 0.1) is 25.3 Å². The quantitative estimate of drug-likeness (QED) is 0.229. The number of carboxylic acid groups (broad SMARTS) is 1. The summed E-state index contributed by atoms with van der Waals surface area (Å²) in [4.78, 5) is 48.0. The molecule has 2 atom stereocenters. The lowest BCUT2D eigenvalue weighted by atomic mass is 9.87. The van der Waals surface area contributed by atoms with Gasteiger partial charge in [0, 0.05) is 19.0 Å². The fourth-order valence-corrected chi connectivity index (χ4v) is 8.28. The zero-order valence-electron chi connectivity index (χ0n) is 36.3. The molecule has 0 saturated carbocycles. The first kappa shape index (κ1) is 45.5. The van der Waals surface area contributed by atoms with Gasteiger partial charge in [0.2, 0.25) is 5.91 Å². The molecule has 0 fully saturated rings. The van der Waals surface area contributed by atoms with Crippen LogP contribution < -0.4 is 5.32 Å². The van der Waals surface area contributed by atoms with Crippen LogP contribution in [0.25, 0.3) is 11.1 Å². The smallest absolute Gasteiger partial charge is 0.306 e. The molecule has 1 amide bonds. The molecule has 2 aliphatic heterocycles. The minimum atomic E-state index is -0.985. The first-order valence-electron chi connectivity index (χ1n) is 21.0. The zero-order valence-corrected chi connectivity index (χ0v) is 36.3. The molecule has 312 valence electrons. The van der Waals surface area contributed by atoms with Gasteiger partial charge >= 0.3 is 17.9 Å². The lowest BCUT2D eigenvalue weighted by Crippen LogP contribution is -2.45. The first-order valence-corrected chi connectivity index (χ1v) is 21.0. The van der Waals surface area contributed by atoms with E-state index in [0.717, 1.165) is 38.3 Å². The summed E-state index contributed by atoms with van der Waals surface area (Å²) in [5, 5.41) is 12.0. The van der Waals surface area contributed by atoms with Gasteiger partial charge in [-0.05, 0) is 143 Å². The van der Waals surface area contributed by atoms with E-state index in [1.54, 1.807) is 31.9 Å². The van der Waals surface area contributed by atoms with Crippen molar-refractivity contribution in [3.63, 3.8) is 0 Å². The van der Waals surface area contributed by atoms with E-state index in [1.165, 1.54) is 52.7 Å². The number of amides is 1. The second-order valence-electron chi connectivity index (χ2n) is 18.6. The minimum absolute atomic E-state index is 0.0629. The molecule has 0 aromatic heterocycles. The summed E-state index contributed by atoms with van der Waals surface area (Å²) in [7, 11) is 0. The molecule has 4 aliphatic rings. The van der Waals surface area contributed by atoms with Gasteiger partial charge in [-0.3, -0.25) is 19.2 Å². The molecule has 9 nitrogen and oxygen atoms in total. The van der Waals surface area contributed by atoms with Gasteiger partial charge in [0.1, 0.15) is 11.2 Å². The van der Waals surface area contributed by atoms with Gasteiger partial charge in [-0.2, -0.15) is 0 Å². The van der Waals surface area contributed by atoms with E-state index in [2.05, 4.69) is 81.5 Å². The molecule has 2 N–H and O–H groups in total. The molecule has 2 aromatic rings. The molecular weight excluding hydrogens is 717 g/mol. The Hall–Kier alpha value is -4.24.